The molecule has 3 rings (SSSR count). The van der Waals surface area contributed by atoms with Crippen LogP contribution in [0.25, 0.3) is 11.0 Å². The maximum absolute atomic E-state index is 12.1. The maximum Gasteiger partial charge on any atom is 0.339 e. The number of aryl methyl sites for hydroxylation is 2. The van der Waals surface area contributed by atoms with E-state index in [1.165, 1.54) is 0 Å². The molecule has 0 aliphatic carbocycles. The molecule has 2 N–H and O–H groups in total. The second-order valence-corrected chi connectivity index (χ2v) is 6.26. The standard InChI is InChI=1S/C21H24N4O4/c1-5-14-18(21(26)27)19(25-16-9-8-10-17(24-16)29-7-3)13-11-15(28-6-2)12(4)22-20(13)23-14/h8-11H,5-7H2,1-4H3,(H,26,27)(H,22,23,24,25). The van der Waals surface area contributed by atoms with Crippen molar-refractivity contribution >= 4 is 28.5 Å². The van der Waals surface area contributed by atoms with Crippen molar-refractivity contribution in [1.29, 1.82) is 0 Å². The van der Waals surface area contributed by atoms with Crippen molar-refractivity contribution in [3.8, 4) is 11.6 Å². The van der Waals surface area contributed by atoms with Gasteiger partial charge in [-0.05, 0) is 39.3 Å². The minimum absolute atomic E-state index is 0.0942. The van der Waals surface area contributed by atoms with Gasteiger partial charge in [0, 0.05) is 11.5 Å². The predicted molar refractivity (Wildman–Crippen MR) is 110 cm³/mol. The Labute approximate surface area is 168 Å². The second-order valence-electron chi connectivity index (χ2n) is 6.26. The molecule has 29 heavy (non-hydrogen) atoms. The number of hydrogen-bond donors (Lipinski definition) is 2. The van der Waals surface area contributed by atoms with Gasteiger partial charge in [-0.3, -0.25) is 0 Å². The van der Waals surface area contributed by atoms with Crippen LogP contribution in [0.1, 0.15) is 42.5 Å². The lowest BCUT2D eigenvalue weighted by molar-refractivity contribution is 0.0696. The first-order valence-electron chi connectivity index (χ1n) is 9.55. The van der Waals surface area contributed by atoms with Crippen molar-refractivity contribution in [2.75, 3.05) is 18.5 Å². The molecule has 0 spiro atoms. The first kappa shape index (κ1) is 20.3. The summed E-state index contributed by atoms with van der Waals surface area (Å²) in [7, 11) is 0. The monoisotopic (exact) mass is 396 g/mol. The van der Waals surface area contributed by atoms with E-state index in [4.69, 9.17) is 9.47 Å². The van der Waals surface area contributed by atoms with Crippen LogP contribution < -0.4 is 14.8 Å². The van der Waals surface area contributed by atoms with Crippen molar-refractivity contribution in [2.45, 2.75) is 34.1 Å². The molecule has 8 heteroatoms. The average molecular weight is 396 g/mol. The Morgan fingerprint density at radius 3 is 2.52 bits per heavy atom. The summed E-state index contributed by atoms with van der Waals surface area (Å²) in [5.41, 5.74) is 2.07. The summed E-state index contributed by atoms with van der Waals surface area (Å²) in [5.74, 6) is 0.429. The molecule has 0 saturated carbocycles. The summed E-state index contributed by atoms with van der Waals surface area (Å²) >= 11 is 0. The Hall–Kier alpha value is -3.42. The highest BCUT2D eigenvalue weighted by Crippen LogP contribution is 2.34. The summed E-state index contributed by atoms with van der Waals surface area (Å²) in [5, 5.41) is 13.6. The van der Waals surface area contributed by atoms with Crippen molar-refractivity contribution in [1.82, 2.24) is 15.0 Å². The number of anilines is 2. The van der Waals surface area contributed by atoms with Crippen LogP contribution >= 0.6 is 0 Å². The summed E-state index contributed by atoms with van der Waals surface area (Å²) in [6.45, 7) is 8.41. The fourth-order valence-electron chi connectivity index (χ4n) is 3.06. The number of carboxylic acid groups (broad SMARTS) is 1. The molecule has 0 unspecified atom stereocenters. The van der Waals surface area contributed by atoms with Crippen LogP contribution in [0.5, 0.6) is 11.6 Å². The zero-order valence-electron chi connectivity index (χ0n) is 16.9. The molecule has 3 aromatic rings. The molecule has 0 atom stereocenters. The van der Waals surface area contributed by atoms with Gasteiger partial charge >= 0.3 is 5.97 Å². The van der Waals surface area contributed by atoms with Gasteiger partial charge in [0.25, 0.3) is 0 Å². The third kappa shape index (κ3) is 4.21. The molecular formula is C21H24N4O4. The fraction of sp³-hybridized carbons (Fsp3) is 0.333. The lowest BCUT2D eigenvalue weighted by Gasteiger charge is -2.17. The third-order valence-corrected chi connectivity index (χ3v) is 4.31. The van der Waals surface area contributed by atoms with Crippen LogP contribution in [-0.2, 0) is 6.42 Å². The van der Waals surface area contributed by atoms with E-state index in [9.17, 15) is 9.90 Å². The van der Waals surface area contributed by atoms with E-state index in [0.29, 0.717) is 65.2 Å². The van der Waals surface area contributed by atoms with Crippen molar-refractivity contribution in [2.24, 2.45) is 0 Å². The van der Waals surface area contributed by atoms with E-state index in [-0.39, 0.29) is 5.56 Å². The Morgan fingerprint density at radius 1 is 1.10 bits per heavy atom. The molecule has 0 bridgehead atoms. The summed E-state index contributed by atoms with van der Waals surface area (Å²) in [6, 6.07) is 7.05. The summed E-state index contributed by atoms with van der Waals surface area (Å²) in [4.78, 5) is 25.5. The SMILES string of the molecule is CCOc1cccc(Nc2c(C(=O)O)c(CC)nc3nc(C)c(OCC)cc23)n1. The third-order valence-electron chi connectivity index (χ3n) is 4.31. The molecule has 0 radical (unpaired) electrons. The molecule has 0 aliphatic heterocycles. The van der Waals surface area contributed by atoms with Gasteiger partial charge in [-0.2, -0.15) is 4.98 Å². The number of aromatic nitrogens is 3. The van der Waals surface area contributed by atoms with E-state index in [1.54, 1.807) is 24.3 Å². The molecular weight excluding hydrogens is 372 g/mol. The Bertz CT molecular complexity index is 1050. The van der Waals surface area contributed by atoms with E-state index in [2.05, 4.69) is 20.3 Å². The number of nitrogens with one attached hydrogen (secondary N) is 1. The van der Waals surface area contributed by atoms with Gasteiger partial charge in [-0.25, -0.2) is 14.8 Å². The fourth-order valence-corrected chi connectivity index (χ4v) is 3.06. The number of rotatable bonds is 8. The molecule has 0 aromatic carbocycles. The number of aromatic carboxylic acids is 1. The zero-order valence-corrected chi connectivity index (χ0v) is 16.9. The highest BCUT2D eigenvalue weighted by Gasteiger charge is 2.22. The van der Waals surface area contributed by atoms with Crippen LogP contribution in [0.4, 0.5) is 11.5 Å². The lowest BCUT2D eigenvalue weighted by Crippen LogP contribution is -2.11. The molecule has 0 aliphatic rings. The van der Waals surface area contributed by atoms with E-state index < -0.39 is 5.97 Å². The van der Waals surface area contributed by atoms with Crippen LogP contribution in [0.15, 0.2) is 24.3 Å². The smallest absolute Gasteiger partial charge is 0.339 e. The van der Waals surface area contributed by atoms with Crippen LogP contribution in [-0.4, -0.2) is 39.2 Å². The normalized spacial score (nSPS) is 10.8. The van der Waals surface area contributed by atoms with Crippen LogP contribution in [0.3, 0.4) is 0 Å². The van der Waals surface area contributed by atoms with Crippen molar-refractivity contribution < 1.29 is 19.4 Å². The molecule has 3 heterocycles. The number of ether oxygens (including phenoxy) is 2. The van der Waals surface area contributed by atoms with E-state index in [0.717, 1.165) is 0 Å². The molecule has 3 aromatic heterocycles. The quantitative estimate of drug-likeness (QED) is 0.585. The lowest BCUT2D eigenvalue weighted by atomic mass is 10.1. The van der Waals surface area contributed by atoms with Gasteiger partial charge in [0.15, 0.2) is 5.65 Å². The molecule has 152 valence electrons. The Kier molecular flexibility index (Phi) is 6.11. The van der Waals surface area contributed by atoms with E-state index in [1.807, 2.05) is 27.7 Å². The minimum Gasteiger partial charge on any atom is -0.492 e. The van der Waals surface area contributed by atoms with Crippen LogP contribution in [0.2, 0.25) is 0 Å². The first-order valence-corrected chi connectivity index (χ1v) is 9.55. The number of fused-ring (bicyclic) bond motifs is 1. The largest absolute Gasteiger partial charge is 0.492 e. The summed E-state index contributed by atoms with van der Waals surface area (Å²) in [6.07, 6.45) is 0.451. The zero-order chi connectivity index (χ0) is 21.0. The molecule has 0 saturated heterocycles. The molecule has 8 nitrogen and oxygen atoms in total. The van der Waals surface area contributed by atoms with Gasteiger partial charge < -0.3 is 19.9 Å². The van der Waals surface area contributed by atoms with Crippen molar-refractivity contribution in [3.63, 3.8) is 0 Å². The highest BCUT2D eigenvalue weighted by molar-refractivity contribution is 6.06. The average Bonchev–Trinajstić information content (AvgIpc) is 2.69. The second kappa shape index (κ2) is 8.72. The number of nitrogens with zero attached hydrogens (tertiary/aromatic N) is 3. The highest BCUT2D eigenvalue weighted by atomic mass is 16.5. The Morgan fingerprint density at radius 2 is 1.86 bits per heavy atom. The van der Waals surface area contributed by atoms with Crippen molar-refractivity contribution in [3.05, 3.63) is 41.2 Å². The predicted octanol–water partition coefficient (Wildman–Crippen LogP) is 4.13. The first-order chi connectivity index (χ1) is 14.0. The maximum atomic E-state index is 12.1. The number of hydrogen-bond acceptors (Lipinski definition) is 7. The minimum atomic E-state index is -1.07. The number of carbonyl (C=O) groups is 1. The van der Waals surface area contributed by atoms with Gasteiger partial charge in [0.05, 0.1) is 30.3 Å². The molecule has 0 fully saturated rings. The number of carboxylic acids is 1. The topological polar surface area (TPSA) is 106 Å². The Balaban J connectivity index is 2.25. The van der Waals surface area contributed by atoms with Gasteiger partial charge in [0.2, 0.25) is 5.88 Å². The molecule has 0 amide bonds. The summed E-state index contributed by atoms with van der Waals surface area (Å²) < 4.78 is 11.1. The van der Waals surface area contributed by atoms with Gasteiger partial charge in [0.1, 0.15) is 17.1 Å². The van der Waals surface area contributed by atoms with E-state index >= 15 is 0 Å². The van der Waals surface area contributed by atoms with Crippen LogP contribution in [0, 0.1) is 6.92 Å². The van der Waals surface area contributed by atoms with Gasteiger partial charge in [-0.1, -0.05) is 13.0 Å². The van der Waals surface area contributed by atoms with Gasteiger partial charge in [-0.15, -0.1) is 0 Å². The number of pyridine rings is 3.